The lowest BCUT2D eigenvalue weighted by atomic mass is 9.83. The Kier molecular flexibility index (Phi) is 4.72. The molecule has 0 aromatic rings. The van der Waals surface area contributed by atoms with E-state index in [1.54, 1.807) is 0 Å². The first-order valence-corrected chi connectivity index (χ1v) is 4.45. The van der Waals surface area contributed by atoms with E-state index in [1.165, 1.54) is 22.2 Å². The molecule has 0 N–H and O–H groups in total. The molecule has 0 aromatic carbocycles. The second kappa shape index (κ2) is 5.02. The van der Waals surface area contributed by atoms with Crippen molar-refractivity contribution in [2.45, 2.75) is 34.6 Å². The zero-order chi connectivity index (χ0) is 9.72. The standard InChI is InChI=1S/C11H19B/c1-6-7-9(4)11(12)10(5)8(2)3/h6-7H,12H2,1-5H3/b7-6-,11-9+. The maximum absolute atomic E-state index is 2.18. The normalized spacial score (nSPS) is 13.1. The van der Waals surface area contributed by atoms with Gasteiger partial charge in [-0.05, 0) is 34.6 Å². The van der Waals surface area contributed by atoms with Crippen LogP contribution in [0.4, 0.5) is 0 Å². The molecule has 0 nitrogen and oxygen atoms in total. The maximum atomic E-state index is 2.18. The molecule has 0 spiro atoms. The van der Waals surface area contributed by atoms with Crippen molar-refractivity contribution in [1.82, 2.24) is 0 Å². The van der Waals surface area contributed by atoms with Gasteiger partial charge in [0.2, 0.25) is 0 Å². The minimum Gasteiger partial charge on any atom is -0.0874 e. The van der Waals surface area contributed by atoms with Gasteiger partial charge in [0.1, 0.15) is 7.85 Å². The molecule has 66 valence electrons. The van der Waals surface area contributed by atoms with E-state index in [4.69, 9.17) is 0 Å². The van der Waals surface area contributed by atoms with E-state index in [0.717, 1.165) is 0 Å². The van der Waals surface area contributed by atoms with E-state index in [0.29, 0.717) is 0 Å². The van der Waals surface area contributed by atoms with Crippen molar-refractivity contribution < 1.29 is 0 Å². The molecule has 0 heterocycles. The van der Waals surface area contributed by atoms with Crippen LogP contribution in [0.1, 0.15) is 34.6 Å². The van der Waals surface area contributed by atoms with Gasteiger partial charge in [-0.3, -0.25) is 0 Å². The van der Waals surface area contributed by atoms with E-state index in [1.807, 2.05) is 0 Å². The van der Waals surface area contributed by atoms with Crippen LogP contribution in [-0.4, -0.2) is 7.85 Å². The lowest BCUT2D eigenvalue weighted by Gasteiger charge is -2.07. The first-order chi connectivity index (χ1) is 5.50. The van der Waals surface area contributed by atoms with Crippen LogP contribution in [0.15, 0.2) is 34.3 Å². The Labute approximate surface area is 77.5 Å². The smallest absolute Gasteiger partial charge is 0.0874 e. The van der Waals surface area contributed by atoms with E-state index < -0.39 is 0 Å². The summed E-state index contributed by atoms with van der Waals surface area (Å²) in [5.74, 6) is 0. The van der Waals surface area contributed by atoms with Crippen molar-refractivity contribution in [2.24, 2.45) is 0 Å². The van der Waals surface area contributed by atoms with Gasteiger partial charge in [0.15, 0.2) is 0 Å². The molecule has 0 rings (SSSR count). The van der Waals surface area contributed by atoms with Gasteiger partial charge in [-0.2, -0.15) is 0 Å². The fraction of sp³-hybridized carbons (Fsp3) is 0.455. The fourth-order valence-corrected chi connectivity index (χ4v) is 1.05. The van der Waals surface area contributed by atoms with Crippen molar-refractivity contribution in [2.75, 3.05) is 0 Å². The second-order valence-electron chi connectivity index (χ2n) is 3.43. The van der Waals surface area contributed by atoms with Gasteiger partial charge in [0, 0.05) is 0 Å². The van der Waals surface area contributed by atoms with Crippen molar-refractivity contribution in [3.63, 3.8) is 0 Å². The first-order valence-electron chi connectivity index (χ1n) is 4.45. The summed E-state index contributed by atoms with van der Waals surface area (Å²) in [4.78, 5) is 0. The van der Waals surface area contributed by atoms with E-state index >= 15 is 0 Å². The van der Waals surface area contributed by atoms with Crippen LogP contribution in [0.2, 0.25) is 0 Å². The molecule has 0 fully saturated rings. The Balaban J connectivity index is 4.92. The lowest BCUT2D eigenvalue weighted by Crippen LogP contribution is -1.90. The van der Waals surface area contributed by atoms with E-state index in [2.05, 4.69) is 54.6 Å². The van der Waals surface area contributed by atoms with Gasteiger partial charge >= 0.3 is 0 Å². The zero-order valence-electron chi connectivity index (χ0n) is 9.15. The lowest BCUT2D eigenvalue weighted by molar-refractivity contribution is 1.26. The third kappa shape index (κ3) is 3.12. The molecule has 0 radical (unpaired) electrons. The molecule has 1 heteroatoms. The number of rotatable bonds is 2. The highest BCUT2D eigenvalue weighted by atomic mass is 14.0. The fourth-order valence-electron chi connectivity index (χ4n) is 1.05. The Bertz CT molecular complexity index is 238. The second-order valence-corrected chi connectivity index (χ2v) is 3.43. The molecule has 0 saturated carbocycles. The van der Waals surface area contributed by atoms with Crippen LogP contribution >= 0.6 is 0 Å². The van der Waals surface area contributed by atoms with Crippen LogP contribution in [0.3, 0.4) is 0 Å². The van der Waals surface area contributed by atoms with Gasteiger partial charge in [0.25, 0.3) is 0 Å². The average Bonchev–Trinajstić information content (AvgIpc) is 2.02. The molecule has 0 aliphatic rings. The van der Waals surface area contributed by atoms with Crippen LogP contribution < -0.4 is 0 Å². The largest absolute Gasteiger partial charge is 0.139 e. The monoisotopic (exact) mass is 162 g/mol. The quantitative estimate of drug-likeness (QED) is 0.432. The number of hydrogen-bond donors (Lipinski definition) is 0. The number of hydrogen-bond acceptors (Lipinski definition) is 0. The van der Waals surface area contributed by atoms with Gasteiger partial charge in [0.05, 0.1) is 0 Å². The highest BCUT2D eigenvalue weighted by Crippen LogP contribution is 2.15. The molecular formula is C11H19B. The molecule has 0 aliphatic carbocycles. The highest BCUT2D eigenvalue weighted by molar-refractivity contribution is 6.25. The van der Waals surface area contributed by atoms with Crippen molar-refractivity contribution in [1.29, 1.82) is 0 Å². The zero-order valence-corrected chi connectivity index (χ0v) is 9.15. The third-order valence-electron chi connectivity index (χ3n) is 2.32. The van der Waals surface area contributed by atoms with Gasteiger partial charge < -0.3 is 0 Å². The molecule has 0 saturated heterocycles. The molecule has 0 aromatic heterocycles. The summed E-state index contributed by atoms with van der Waals surface area (Å²) < 4.78 is 0. The Morgan fingerprint density at radius 3 is 1.92 bits per heavy atom. The Hall–Kier alpha value is -0.715. The van der Waals surface area contributed by atoms with Crippen LogP contribution in [0.5, 0.6) is 0 Å². The molecule has 0 atom stereocenters. The Morgan fingerprint density at radius 2 is 1.58 bits per heavy atom. The van der Waals surface area contributed by atoms with E-state index in [9.17, 15) is 0 Å². The summed E-state index contributed by atoms with van der Waals surface area (Å²) in [6.45, 7) is 10.7. The summed E-state index contributed by atoms with van der Waals surface area (Å²) >= 11 is 0. The van der Waals surface area contributed by atoms with E-state index in [-0.39, 0.29) is 0 Å². The minimum absolute atomic E-state index is 1.36. The molecule has 12 heavy (non-hydrogen) atoms. The summed E-state index contributed by atoms with van der Waals surface area (Å²) in [5.41, 5.74) is 5.56. The molecular weight excluding hydrogens is 143 g/mol. The summed E-state index contributed by atoms with van der Waals surface area (Å²) in [5, 5.41) is 0. The van der Waals surface area contributed by atoms with Crippen molar-refractivity contribution in [3.05, 3.63) is 34.3 Å². The average molecular weight is 162 g/mol. The van der Waals surface area contributed by atoms with Gasteiger partial charge in [-0.15, -0.1) is 0 Å². The summed E-state index contributed by atoms with van der Waals surface area (Å²) in [6.07, 6.45) is 4.23. The van der Waals surface area contributed by atoms with Crippen LogP contribution in [0.25, 0.3) is 0 Å². The third-order valence-corrected chi connectivity index (χ3v) is 2.32. The predicted octanol–water partition coefficient (Wildman–Crippen LogP) is 2.83. The highest BCUT2D eigenvalue weighted by Gasteiger charge is 1.97. The minimum atomic E-state index is 1.36. The first kappa shape index (κ1) is 11.3. The van der Waals surface area contributed by atoms with Crippen molar-refractivity contribution in [3.8, 4) is 0 Å². The number of allylic oxidation sites excluding steroid dienone is 6. The van der Waals surface area contributed by atoms with Crippen LogP contribution in [-0.2, 0) is 0 Å². The predicted molar refractivity (Wildman–Crippen MR) is 60.1 cm³/mol. The van der Waals surface area contributed by atoms with Gasteiger partial charge in [-0.25, -0.2) is 0 Å². The topological polar surface area (TPSA) is 0 Å². The maximum Gasteiger partial charge on any atom is 0.139 e. The molecule has 0 amide bonds. The summed E-state index contributed by atoms with van der Waals surface area (Å²) in [7, 11) is 2.18. The molecule has 0 bridgehead atoms. The molecule has 0 unspecified atom stereocenters. The Morgan fingerprint density at radius 1 is 1.08 bits per heavy atom. The molecule has 0 aliphatic heterocycles. The van der Waals surface area contributed by atoms with Gasteiger partial charge in [-0.1, -0.05) is 34.3 Å². The summed E-state index contributed by atoms with van der Waals surface area (Å²) in [6, 6.07) is 0. The SMILES string of the molecule is B/C(C(C)=C(C)C)=C(C)/C=C\C. The van der Waals surface area contributed by atoms with Crippen LogP contribution in [0, 0.1) is 0 Å². The van der Waals surface area contributed by atoms with Crippen molar-refractivity contribution >= 4 is 7.85 Å².